The number of rotatable bonds is 3. The molecule has 2 aromatic carbocycles. The van der Waals surface area contributed by atoms with Crippen LogP contribution in [0.5, 0.6) is 11.5 Å². The van der Waals surface area contributed by atoms with E-state index in [4.69, 9.17) is 4.74 Å². The van der Waals surface area contributed by atoms with E-state index in [9.17, 15) is 5.11 Å². The first kappa shape index (κ1) is 13.9. The summed E-state index contributed by atoms with van der Waals surface area (Å²) in [6, 6.07) is 11.3. The van der Waals surface area contributed by atoms with E-state index in [-0.39, 0.29) is 5.75 Å². The molecule has 0 bridgehead atoms. The van der Waals surface area contributed by atoms with Crippen molar-refractivity contribution in [3.63, 3.8) is 0 Å². The lowest BCUT2D eigenvalue weighted by Gasteiger charge is -2.05. The molecule has 0 spiro atoms. The van der Waals surface area contributed by atoms with Crippen molar-refractivity contribution in [2.75, 3.05) is 7.11 Å². The molecule has 0 unspecified atom stereocenters. The summed E-state index contributed by atoms with van der Waals surface area (Å²) in [5.74, 6) is 0.554. The average Bonchev–Trinajstić information content (AvgIpc) is 2.41. The highest BCUT2D eigenvalue weighted by molar-refractivity contribution is 14.1. The highest BCUT2D eigenvalue weighted by Gasteiger charge is 2.04. The number of aliphatic imine (C=N–C) groups is 1. The average molecular weight is 367 g/mol. The second-order valence-electron chi connectivity index (χ2n) is 4.09. The minimum absolute atomic E-state index is 0.107. The third-order valence-electron chi connectivity index (χ3n) is 2.76. The maximum absolute atomic E-state index is 9.95. The Morgan fingerprint density at radius 3 is 2.74 bits per heavy atom. The molecule has 1 N–H and O–H groups in total. The van der Waals surface area contributed by atoms with Crippen LogP contribution in [0, 0.1) is 10.5 Å². The predicted molar refractivity (Wildman–Crippen MR) is 85.8 cm³/mol. The minimum atomic E-state index is 0.107. The minimum Gasteiger partial charge on any atom is -0.504 e. The van der Waals surface area contributed by atoms with Gasteiger partial charge in [-0.1, -0.05) is 12.1 Å². The fraction of sp³-hybridized carbons (Fsp3) is 0.133. The summed E-state index contributed by atoms with van der Waals surface area (Å²) in [6.45, 7) is 2.06. The maximum atomic E-state index is 9.95. The summed E-state index contributed by atoms with van der Waals surface area (Å²) in [5, 5.41) is 9.95. The molecule has 0 fully saturated rings. The number of phenolic OH excluding ortho intramolecular Hbond substituents is 1. The third kappa shape index (κ3) is 3.26. The Labute approximate surface area is 126 Å². The van der Waals surface area contributed by atoms with Gasteiger partial charge >= 0.3 is 0 Å². The van der Waals surface area contributed by atoms with Gasteiger partial charge in [-0.15, -0.1) is 0 Å². The van der Waals surface area contributed by atoms with Gasteiger partial charge in [0, 0.05) is 15.3 Å². The summed E-state index contributed by atoms with van der Waals surface area (Å²) in [4.78, 5) is 4.37. The van der Waals surface area contributed by atoms with E-state index in [0.717, 1.165) is 5.69 Å². The zero-order valence-electron chi connectivity index (χ0n) is 10.7. The normalized spacial score (nSPS) is 10.9. The number of halogens is 1. The summed E-state index contributed by atoms with van der Waals surface area (Å²) < 4.78 is 6.23. The molecule has 0 aliphatic heterocycles. The van der Waals surface area contributed by atoms with Crippen molar-refractivity contribution in [1.82, 2.24) is 0 Å². The number of benzene rings is 2. The van der Waals surface area contributed by atoms with Crippen molar-refractivity contribution in [2.45, 2.75) is 6.92 Å². The maximum Gasteiger partial charge on any atom is 0.166 e. The number of aromatic hydroxyl groups is 1. The molecule has 0 saturated heterocycles. The Morgan fingerprint density at radius 2 is 2.05 bits per heavy atom. The first-order valence-corrected chi connectivity index (χ1v) is 6.86. The lowest BCUT2D eigenvalue weighted by atomic mass is 10.2. The molecule has 3 nitrogen and oxygen atoms in total. The van der Waals surface area contributed by atoms with Crippen molar-refractivity contribution in [3.05, 3.63) is 51.1 Å². The third-order valence-corrected chi connectivity index (χ3v) is 3.92. The molecule has 0 amide bonds. The number of ether oxygens (including phenoxy) is 1. The van der Waals surface area contributed by atoms with Crippen molar-refractivity contribution >= 4 is 34.5 Å². The molecule has 0 atom stereocenters. The first-order chi connectivity index (χ1) is 9.11. The van der Waals surface area contributed by atoms with Crippen LogP contribution in [0.4, 0.5) is 5.69 Å². The fourth-order valence-corrected chi connectivity index (χ4v) is 2.11. The van der Waals surface area contributed by atoms with Crippen LogP contribution >= 0.6 is 22.6 Å². The number of hydrogen-bond donors (Lipinski definition) is 1. The van der Waals surface area contributed by atoms with Crippen LogP contribution in [0.1, 0.15) is 11.1 Å². The van der Waals surface area contributed by atoms with Gasteiger partial charge in [0.25, 0.3) is 0 Å². The molecule has 0 aliphatic rings. The van der Waals surface area contributed by atoms with Gasteiger partial charge in [0.2, 0.25) is 0 Å². The van der Waals surface area contributed by atoms with Crippen molar-refractivity contribution in [2.24, 2.45) is 4.99 Å². The highest BCUT2D eigenvalue weighted by Crippen LogP contribution is 2.28. The van der Waals surface area contributed by atoms with Gasteiger partial charge in [-0.2, -0.15) is 0 Å². The fourth-order valence-electron chi connectivity index (χ4n) is 1.61. The van der Waals surface area contributed by atoms with Gasteiger partial charge in [0.05, 0.1) is 12.8 Å². The molecule has 0 radical (unpaired) electrons. The number of methoxy groups -OCH3 is 1. The van der Waals surface area contributed by atoms with Gasteiger partial charge in [-0.25, -0.2) is 0 Å². The number of hydrogen-bond acceptors (Lipinski definition) is 3. The van der Waals surface area contributed by atoms with Crippen molar-refractivity contribution < 1.29 is 9.84 Å². The lowest BCUT2D eigenvalue weighted by Crippen LogP contribution is -1.88. The molecule has 2 aromatic rings. The standard InChI is InChI=1S/C15H14INO2/c1-10-6-7-12(8-13(10)16)17-9-11-4-3-5-14(19-2)15(11)18/h3-9,18H,1-2H3. The smallest absolute Gasteiger partial charge is 0.166 e. The Morgan fingerprint density at radius 1 is 1.26 bits per heavy atom. The molecule has 0 saturated carbocycles. The van der Waals surface area contributed by atoms with E-state index in [1.165, 1.54) is 16.2 Å². The quantitative estimate of drug-likeness (QED) is 0.657. The van der Waals surface area contributed by atoms with Crippen LogP contribution in [0.15, 0.2) is 41.4 Å². The Bertz CT molecular complexity index is 624. The predicted octanol–water partition coefficient (Wildman–Crippen LogP) is 4.06. The van der Waals surface area contributed by atoms with Crippen LogP contribution < -0.4 is 4.74 Å². The molecule has 0 heterocycles. The molecule has 4 heteroatoms. The van der Waals surface area contributed by atoms with Crippen LogP contribution in [-0.4, -0.2) is 18.4 Å². The number of para-hydroxylation sites is 1. The van der Waals surface area contributed by atoms with Crippen LogP contribution in [0.3, 0.4) is 0 Å². The molecule has 0 aromatic heterocycles. The molecule has 98 valence electrons. The van der Waals surface area contributed by atoms with E-state index in [1.807, 2.05) is 24.3 Å². The van der Waals surface area contributed by atoms with E-state index >= 15 is 0 Å². The number of phenols is 1. The summed E-state index contributed by atoms with van der Waals surface area (Å²) in [5.41, 5.74) is 2.72. The van der Waals surface area contributed by atoms with Crippen molar-refractivity contribution in [3.8, 4) is 11.5 Å². The van der Waals surface area contributed by atoms with Crippen LogP contribution in [0.25, 0.3) is 0 Å². The van der Waals surface area contributed by atoms with E-state index in [1.54, 1.807) is 18.3 Å². The number of nitrogens with zero attached hydrogens (tertiary/aromatic N) is 1. The van der Waals surface area contributed by atoms with Gasteiger partial charge in [-0.05, 0) is 59.3 Å². The van der Waals surface area contributed by atoms with Gasteiger partial charge in [0.1, 0.15) is 0 Å². The van der Waals surface area contributed by atoms with E-state index < -0.39 is 0 Å². The largest absolute Gasteiger partial charge is 0.504 e. The zero-order valence-corrected chi connectivity index (χ0v) is 12.9. The molecule has 0 aliphatic carbocycles. The van der Waals surface area contributed by atoms with Gasteiger partial charge < -0.3 is 9.84 Å². The summed E-state index contributed by atoms with van der Waals surface area (Å²) in [7, 11) is 1.53. The Hall–Kier alpha value is -1.56. The summed E-state index contributed by atoms with van der Waals surface area (Å²) >= 11 is 2.28. The van der Waals surface area contributed by atoms with Gasteiger partial charge in [0.15, 0.2) is 11.5 Å². The van der Waals surface area contributed by atoms with E-state index in [2.05, 4.69) is 34.5 Å². The molecule has 2 rings (SSSR count). The second kappa shape index (κ2) is 6.06. The monoisotopic (exact) mass is 367 g/mol. The van der Waals surface area contributed by atoms with E-state index in [0.29, 0.717) is 11.3 Å². The molecule has 19 heavy (non-hydrogen) atoms. The van der Waals surface area contributed by atoms with Gasteiger partial charge in [-0.3, -0.25) is 4.99 Å². The first-order valence-electron chi connectivity index (χ1n) is 5.78. The SMILES string of the molecule is COc1cccc(C=Nc2ccc(C)c(I)c2)c1O. The second-order valence-corrected chi connectivity index (χ2v) is 5.25. The zero-order chi connectivity index (χ0) is 13.8. The summed E-state index contributed by atoms with van der Waals surface area (Å²) in [6.07, 6.45) is 1.64. The lowest BCUT2D eigenvalue weighted by molar-refractivity contribution is 0.373. The van der Waals surface area contributed by atoms with Crippen molar-refractivity contribution in [1.29, 1.82) is 0 Å². The Kier molecular flexibility index (Phi) is 4.42. The molecular formula is C15H14INO2. The number of aryl methyl sites for hydroxylation is 1. The van der Waals surface area contributed by atoms with Crippen LogP contribution in [-0.2, 0) is 0 Å². The Balaban J connectivity index is 2.30. The van der Waals surface area contributed by atoms with Crippen LogP contribution in [0.2, 0.25) is 0 Å². The highest BCUT2D eigenvalue weighted by atomic mass is 127. The topological polar surface area (TPSA) is 41.8 Å². The molecular weight excluding hydrogens is 353 g/mol.